The van der Waals surface area contributed by atoms with Crippen LogP contribution in [0.4, 0.5) is 4.79 Å². The Bertz CT molecular complexity index is 130. The maximum atomic E-state index is 11.0. The van der Waals surface area contributed by atoms with Crippen LogP contribution in [0.25, 0.3) is 0 Å². The maximum Gasteiger partial charge on any atom is 0.410 e. The van der Waals surface area contributed by atoms with Gasteiger partial charge in [0.15, 0.2) is 0 Å². The van der Waals surface area contributed by atoms with Gasteiger partial charge in [-0.25, -0.2) is 4.79 Å². The van der Waals surface area contributed by atoms with Crippen molar-refractivity contribution in [1.29, 1.82) is 0 Å². The lowest BCUT2D eigenvalue weighted by molar-refractivity contribution is 0.111. The zero-order chi connectivity index (χ0) is 8.85. The zero-order valence-electron chi connectivity index (χ0n) is 7.13. The molecule has 0 saturated carbocycles. The molecule has 0 fully saturated rings. The molecule has 0 rings (SSSR count). The summed E-state index contributed by atoms with van der Waals surface area (Å²) >= 11 is 5.77. The first-order valence-corrected chi connectivity index (χ1v) is 4.10. The predicted octanol–water partition coefficient (Wildman–Crippen LogP) is 2.05. The Labute approximate surface area is 72.3 Å². The first-order valence-electron chi connectivity index (χ1n) is 3.67. The molecule has 1 atom stereocenters. The van der Waals surface area contributed by atoms with E-state index in [1.54, 1.807) is 14.0 Å². The lowest BCUT2D eigenvalue weighted by Gasteiger charge is -2.20. The molecule has 0 heterocycles. The van der Waals surface area contributed by atoms with Crippen LogP contribution in [0, 0.1) is 0 Å². The van der Waals surface area contributed by atoms with E-state index >= 15 is 0 Å². The van der Waals surface area contributed by atoms with Crippen LogP contribution in [0.15, 0.2) is 0 Å². The third-order valence-corrected chi connectivity index (χ3v) is 1.91. The van der Waals surface area contributed by atoms with Gasteiger partial charge < -0.3 is 4.74 Å². The average Bonchev–Trinajstić information content (AvgIpc) is 2.02. The highest BCUT2D eigenvalue weighted by Crippen LogP contribution is 2.07. The number of nitrogens with zero attached hydrogens (tertiary/aromatic N) is 1. The number of ether oxygens (including phenoxy) is 1. The Morgan fingerprint density at radius 2 is 2.18 bits per heavy atom. The Balaban J connectivity index is 3.80. The van der Waals surface area contributed by atoms with Crippen molar-refractivity contribution in [3.05, 3.63) is 0 Å². The summed E-state index contributed by atoms with van der Waals surface area (Å²) in [6, 6.07) is 0. The van der Waals surface area contributed by atoms with Crippen molar-refractivity contribution < 1.29 is 9.53 Å². The van der Waals surface area contributed by atoms with E-state index in [1.807, 2.05) is 6.92 Å². The van der Waals surface area contributed by atoms with Crippen molar-refractivity contribution in [3.63, 3.8) is 0 Å². The van der Waals surface area contributed by atoms with Gasteiger partial charge in [-0.2, -0.15) is 0 Å². The van der Waals surface area contributed by atoms with E-state index in [0.717, 1.165) is 6.42 Å². The Hall–Kier alpha value is -0.440. The summed E-state index contributed by atoms with van der Waals surface area (Å²) in [5, 5.41) is 0. The summed E-state index contributed by atoms with van der Waals surface area (Å²) in [5.74, 6) is 0. The molecule has 0 aliphatic rings. The molecule has 0 saturated heterocycles. The summed E-state index contributed by atoms with van der Waals surface area (Å²) in [6.45, 7) is 4.06. The fraction of sp³-hybridized carbons (Fsp3) is 0.857. The molecule has 0 aliphatic carbocycles. The third kappa shape index (κ3) is 3.46. The second-order valence-electron chi connectivity index (χ2n) is 2.15. The van der Waals surface area contributed by atoms with Gasteiger partial charge in [-0.3, -0.25) is 4.90 Å². The first kappa shape index (κ1) is 10.6. The number of rotatable bonds is 3. The van der Waals surface area contributed by atoms with Crippen molar-refractivity contribution in [3.8, 4) is 0 Å². The number of hydrogen-bond donors (Lipinski definition) is 0. The van der Waals surface area contributed by atoms with Gasteiger partial charge in [0.2, 0.25) is 0 Å². The second-order valence-corrected chi connectivity index (χ2v) is 2.66. The molecule has 1 unspecified atom stereocenters. The van der Waals surface area contributed by atoms with E-state index in [2.05, 4.69) is 0 Å². The fourth-order valence-corrected chi connectivity index (χ4v) is 0.693. The molecule has 0 N–H and O–H groups in total. The summed E-state index contributed by atoms with van der Waals surface area (Å²) in [6.07, 6.45) is 0.353. The van der Waals surface area contributed by atoms with E-state index < -0.39 is 0 Å². The van der Waals surface area contributed by atoms with Gasteiger partial charge in [0, 0.05) is 7.05 Å². The third-order valence-electron chi connectivity index (χ3n) is 1.31. The summed E-state index contributed by atoms with van der Waals surface area (Å²) in [7, 11) is 1.62. The summed E-state index contributed by atoms with van der Waals surface area (Å²) < 4.78 is 4.73. The number of carbonyl (C=O) groups is 1. The molecule has 66 valence electrons. The molecule has 1 amide bonds. The minimum atomic E-state index is -0.366. The highest BCUT2D eigenvalue weighted by Gasteiger charge is 2.15. The summed E-state index contributed by atoms with van der Waals surface area (Å²) in [5.41, 5.74) is -0.269. The molecule has 3 nitrogen and oxygen atoms in total. The quantitative estimate of drug-likeness (QED) is 0.490. The van der Waals surface area contributed by atoms with E-state index in [0.29, 0.717) is 6.61 Å². The van der Waals surface area contributed by atoms with Crippen LogP contribution in [0.1, 0.15) is 20.3 Å². The van der Waals surface area contributed by atoms with E-state index in [9.17, 15) is 4.79 Å². The number of carbonyl (C=O) groups excluding carboxylic acids is 1. The molecular weight excluding hydrogens is 166 g/mol. The fourth-order valence-electron chi connectivity index (χ4n) is 0.614. The second kappa shape index (κ2) is 5.24. The maximum absolute atomic E-state index is 11.0. The highest BCUT2D eigenvalue weighted by atomic mass is 35.5. The molecule has 0 aromatic heterocycles. The molecule has 0 aliphatic heterocycles. The molecule has 0 aromatic rings. The van der Waals surface area contributed by atoms with Gasteiger partial charge >= 0.3 is 6.09 Å². The number of amides is 1. The molecule has 0 radical (unpaired) electrons. The van der Waals surface area contributed by atoms with Gasteiger partial charge in [-0.1, -0.05) is 18.5 Å². The smallest absolute Gasteiger partial charge is 0.410 e. The van der Waals surface area contributed by atoms with Crippen molar-refractivity contribution in [2.45, 2.75) is 25.8 Å². The standard InChI is InChI=1S/C7H14ClNO2/c1-4-6(8)9(3)7(10)11-5-2/h6H,4-5H2,1-3H3. The van der Waals surface area contributed by atoms with Crippen LogP contribution in [-0.2, 0) is 4.74 Å². The van der Waals surface area contributed by atoms with Crippen LogP contribution in [0.3, 0.4) is 0 Å². The molecule has 4 heteroatoms. The topological polar surface area (TPSA) is 29.5 Å². The Morgan fingerprint density at radius 3 is 2.55 bits per heavy atom. The summed E-state index contributed by atoms with van der Waals surface area (Å²) in [4.78, 5) is 12.3. The molecular formula is C7H14ClNO2. The molecule has 11 heavy (non-hydrogen) atoms. The average molecular weight is 180 g/mol. The normalized spacial score (nSPS) is 12.4. The Kier molecular flexibility index (Phi) is 5.03. The highest BCUT2D eigenvalue weighted by molar-refractivity contribution is 6.21. The minimum Gasteiger partial charge on any atom is -0.450 e. The van der Waals surface area contributed by atoms with Crippen molar-refractivity contribution in [2.24, 2.45) is 0 Å². The van der Waals surface area contributed by atoms with Crippen LogP contribution < -0.4 is 0 Å². The van der Waals surface area contributed by atoms with Crippen molar-refractivity contribution in [2.75, 3.05) is 13.7 Å². The lowest BCUT2D eigenvalue weighted by atomic mass is 10.4. The zero-order valence-corrected chi connectivity index (χ0v) is 7.89. The van der Waals surface area contributed by atoms with Crippen molar-refractivity contribution in [1.82, 2.24) is 4.90 Å². The largest absolute Gasteiger partial charge is 0.450 e. The number of alkyl halides is 1. The van der Waals surface area contributed by atoms with E-state index in [4.69, 9.17) is 16.3 Å². The van der Waals surface area contributed by atoms with Crippen LogP contribution in [-0.4, -0.2) is 30.1 Å². The SMILES string of the molecule is CCOC(=O)N(C)C(Cl)CC. The number of hydrogen-bond acceptors (Lipinski definition) is 2. The molecule has 0 bridgehead atoms. The van der Waals surface area contributed by atoms with Gasteiger partial charge in [0.1, 0.15) is 5.50 Å². The van der Waals surface area contributed by atoms with Gasteiger partial charge in [0.25, 0.3) is 0 Å². The number of halogens is 1. The van der Waals surface area contributed by atoms with E-state index in [1.165, 1.54) is 4.90 Å². The van der Waals surface area contributed by atoms with Crippen LogP contribution in [0.5, 0.6) is 0 Å². The first-order chi connectivity index (χ1) is 5.13. The monoisotopic (exact) mass is 179 g/mol. The van der Waals surface area contributed by atoms with Gasteiger partial charge in [0.05, 0.1) is 6.61 Å². The van der Waals surface area contributed by atoms with E-state index in [-0.39, 0.29) is 11.6 Å². The van der Waals surface area contributed by atoms with Gasteiger partial charge in [-0.05, 0) is 13.3 Å². The van der Waals surface area contributed by atoms with Crippen molar-refractivity contribution >= 4 is 17.7 Å². The molecule has 0 spiro atoms. The van der Waals surface area contributed by atoms with Crippen LogP contribution in [0.2, 0.25) is 0 Å². The minimum absolute atomic E-state index is 0.269. The predicted molar refractivity (Wildman–Crippen MR) is 44.7 cm³/mol. The molecule has 0 aromatic carbocycles. The lowest BCUT2D eigenvalue weighted by Crippen LogP contribution is -2.33. The Morgan fingerprint density at radius 1 is 1.64 bits per heavy atom. The van der Waals surface area contributed by atoms with Crippen LogP contribution >= 0.6 is 11.6 Å². The van der Waals surface area contributed by atoms with Gasteiger partial charge in [-0.15, -0.1) is 0 Å².